The largest absolute Gasteiger partial charge is 0.455 e. The lowest BCUT2D eigenvalue weighted by atomic mass is 9.93. The average molecular weight is 702 g/mol. The molecular formula is C52H31NO2. The van der Waals surface area contributed by atoms with Crippen LogP contribution in [-0.4, -0.2) is 4.57 Å². The van der Waals surface area contributed by atoms with E-state index in [1.807, 2.05) is 12.1 Å². The molecule has 55 heavy (non-hydrogen) atoms. The zero-order valence-corrected chi connectivity index (χ0v) is 29.7. The van der Waals surface area contributed by atoms with Gasteiger partial charge in [-0.25, -0.2) is 0 Å². The minimum absolute atomic E-state index is 0.892. The summed E-state index contributed by atoms with van der Waals surface area (Å²) in [5.41, 5.74) is 13.7. The maximum atomic E-state index is 6.66. The smallest absolute Gasteiger partial charge is 0.143 e. The summed E-state index contributed by atoms with van der Waals surface area (Å²) < 4.78 is 15.7. The van der Waals surface area contributed by atoms with Crippen LogP contribution >= 0.6 is 0 Å². The molecule has 3 aromatic heterocycles. The summed E-state index contributed by atoms with van der Waals surface area (Å²) in [5, 5.41) is 9.32. The van der Waals surface area contributed by atoms with E-state index >= 15 is 0 Å². The molecule has 3 nitrogen and oxygen atoms in total. The van der Waals surface area contributed by atoms with Gasteiger partial charge in [0.2, 0.25) is 0 Å². The molecule has 12 rings (SSSR count). The molecule has 0 aliphatic carbocycles. The number of fused-ring (bicyclic) bond motifs is 10. The van der Waals surface area contributed by atoms with Crippen molar-refractivity contribution in [2.45, 2.75) is 0 Å². The molecule has 0 unspecified atom stereocenters. The van der Waals surface area contributed by atoms with Crippen LogP contribution in [0.5, 0.6) is 0 Å². The van der Waals surface area contributed by atoms with E-state index in [4.69, 9.17) is 8.83 Å². The number of para-hydroxylation sites is 4. The molecule has 256 valence electrons. The molecule has 0 aliphatic rings. The molecular weight excluding hydrogens is 671 g/mol. The van der Waals surface area contributed by atoms with Crippen molar-refractivity contribution in [1.82, 2.24) is 4.57 Å². The molecule has 12 aromatic rings. The summed E-state index contributed by atoms with van der Waals surface area (Å²) in [4.78, 5) is 0. The van der Waals surface area contributed by atoms with Crippen molar-refractivity contribution in [2.75, 3.05) is 0 Å². The van der Waals surface area contributed by atoms with Gasteiger partial charge in [-0.3, -0.25) is 0 Å². The van der Waals surface area contributed by atoms with Crippen LogP contribution in [0.3, 0.4) is 0 Å². The Labute approximate surface area is 315 Å². The van der Waals surface area contributed by atoms with Crippen molar-refractivity contribution in [3.63, 3.8) is 0 Å². The van der Waals surface area contributed by atoms with Crippen LogP contribution in [0.2, 0.25) is 0 Å². The molecule has 3 heteroatoms. The Morgan fingerprint density at radius 3 is 1.35 bits per heavy atom. The third kappa shape index (κ3) is 4.38. The molecule has 0 N–H and O–H groups in total. The van der Waals surface area contributed by atoms with Gasteiger partial charge in [0.1, 0.15) is 22.3 Å². The fourth-order valence-electron chi connectivity index (χ4n) is 9.02. The first-order valence-corrected chi connectivity index (χ1v) is 18.8. The van der Waals surface area contributed by atoms with Crippen LogP contribution in [0.4, 0.5) is 0 Å². The molecule has 0 atom stereocenters. The monoisotopic (exact) mass is 701 g/mol. The molecule has 0 saturated heterocycles. The Kier molecular flexibility index (Phi) is 6.34. The minimum atomic E-state index is 0.892. The molecule has 0 fully saturated rings. The van der Waals surface area contributed by atoms with Crippen molar-refractivity contribution < 1.29 is 8.83 Å². The second kappa shape index (κ2) is 11.6. The first-order valence-electron chi connectivity index (χ1n) is 18.8. The number of aromatic nitrogens is 1. The number of furan rings is 2. The standard InChI is InChI=1S/C52H31NO2/c1-2-14-35-32(12-1)13-7-17-36(35)33-28-30-34(31-29-33)53-45-24-10-18-39(43-22-8-20-41-37-15-3-5-26-47(37)54-51(41)43)49(45)50-40(19-11-25-46(50)53)44-23-9-21-42-38-16-4-6-27-48(38)55-52(42)44/h1-31H. The van der Waals surface area contributed by atoms with E-state index in [1.54, 1.807) is 0 Å². The van der Waals surface area contributed by atoms with Crippen molar-refractivity contribution in [1.29, 1.82) is 0 Å². The lowest BCUT2D eigenvalue weighted by molar-refractivity contribution is 0.669. The minimum Gasteiger partial charge on any atom is -0.455 e. The second-order valence-corrected chi connectivity index (χ2v) is 14.4. The Morgan fingerprint density at radius 2 is 0.745 bits per heavy atom. The predicted octanol–water partition coefficient (Wildman–Crippen LogP) is 14.7. The van der Waals surface area contributed by atoms with E-state index in [0.29, 0.717) is 0 Å². The van der Waals surface area contributed by atoms with Gasteiger partial charge in [-0.2, -0.15) is 0 Å². The van der Waals surface area contributed by atoms with Crippen LogP contribution < -0.4 is 0 Å². The first-order chi connectivity index (χ1) is 27.3. The van der Waals surface area contributed by atoms with Crippen molar-refractivity contribution >= 4 is 76.5 Å². The molecule has 0 radical (unpaired) electrons. The SMILES string of the molecule is c1ccc2c(-c3ccc(-n4c5cccc(-c6cccc7c6oc6ccccc67)c5c5c(-c6cccc7c6oc6ccccc67)cccc54)cc3)cccc2c1. The Balaban J connectivity index is 1.17. The summed E-state index contributed by atoms with van der Waals surface area (Å²) in [6, 6.07) is 67.2. The van der Waals surface area contributed by atoms with Crippen LogP contribution in [0.25, 0.3) is 116 Å². The van der Waals surface area contributed by atoms with Gasteiger partial charge in [-0.05, 0) is 69.4 Å². The number of benzene rings is 9. The Hall–Kier alpha value is -7.36. The van der Waals surface area contributed by atoms with E-state index in [-0.39, 0.29) is 0 Å². The fraction of sp³-hybridized carbons (Fsp3) is 0. The molecule has 9 aromatic carbocycles. The summed E-state index contributed by atoms with van der Waals surface area (Å²) in [6.07, 6.45) is 0. The van der Waals surface area contributed by atoms with Gasteiger partial charge >= 0.3 is 0 Å². The van der Waals surface area contributed by atoms with Gasteiger partial charge in [0, 0.05) is 49.1 Å². The maximum Gasteiger partial charge on any atom is 0.143 e. The van der Waals surface area contributed by atoms with Crippen molar-refractivity contribution in [3.05, 3.63) is 188 Å². The van der Waals surface area contributed by atoms with Gasteiger partial charge in [-0.1, -0.05) is 152 Å². The summed E-state index contributed by atoms with van der Waals surface area (Å²) in [5.74, 6) is 0. The van der Waals surface area contributed by atoms with Gasteiger partial charge < -0.3 is 13.4 Å². The lowest BCUT2D eigenvalue weighted by Crippen LogP contribution is -1.94. The van der Waals surface area contributed by atoms with Gasteiger partial charge in [0.25, 0.3) is 0 Å². The van der Waals surface area contributed by atoms with Crippen LogP contribution in [-0.2, 0) is 0 Å². The molecule has 0 bridgehead atoms. The third-order valence-electron chi connectivity index (χ3n) is 11.4. The number of hydrogen-bond acceptors (Lipinski definition) is 2. The summed E-state index contributed by atoms with van der Waals surface area (Å²) >= 11 is 0. The second-order valence-electron chi connectivity index (χ2n) is 14.4. The molecule has 0 spiro atoms. The zero-order valence-electron chi connectivity index (χ0n) is 29.7. The summed E-state index contributed by atoms with van der Waals surface area (Å²) in [7, 11) is 0. The number of hydrogen-bond donors (Lipinski definition) is 0. The highest BCUT2D eigenvalue weighted by Gasteiger charge is 2.23. The van der Waals surface area contributed by atoms with E-state index in [2.05, 4.69) is 180 Å². The number of nitrogens with zero attached hydrogens (tertiary/aromatic N) is 1. The van der Waals surface area contributed by atoms with E-state index in [0.717, 1.165) is 82.9 Å². The van der Waals surface area contributed by atoms with Crippen LogP contribution in [0.15, 0.2) is 197 Å². The predicted molar refractivity (Wildman–Crippen MR) is 229 cm³/mol. The van der Waals surface area contributed by atoms with Crippen molar-refractivity contribution in [3.8, 4) is 39.1 Å². The molecule has 0 aliphatic heterocycles. The first kappa shape index (κ1) is 30.1. The van der Waals surface area contributed by atoms with E-state index < -0.39 is 0 Å². The average Bonchev–Trinajstić information content (AvgIpc) is 3.93. The van der Waals surface area contributed by atoms with Gasteiger partial charge in [0.15, 0.2) is 0 Å². The highest BCUT2D eigenvalue weighted by atomic mass is 16.3. The normalized spacial score (nSPS) is 12.0. The maximum absolute atomic E-state index is 6.66. The highest BCUT2D eigenvalue weighted by molar-refractivity contribution is 6.24. The molecule has 0 amide bonds. The van der Waals surface area contributed by atoms with Crippen molar-refractivity contribution in [2.24, 2.45) is 0 Å². The third-order valence-corrected chi connectivity index (χ3v) is 11.4. The Morgan fingerprint density at radius 1 is 0.309 bits per heavy atom. The van der Waals surface area contributed by atoms with Gasteiger partial charge in [0.05, 0.1) is 11.0 Å². The lowest BCUT2D eigenvalue weighted by Gasteiger charge is -2.11. The molecule has 0 saturated carbocycles. The van der Waals surface area contributed by atoms with Gasteiger partial charge in [-0.15, -0.1) is 0 Å². The Bertz CT molecular complexity index is 3310. The number of rotatable bonds is 4. The quantitative estimate of drug-likeness (QED) is 0.183. The highest BCUT2D eigenvalue weighted by Crippen LogP contribution is 2.47. The topological polar surface area (TPSA) is 31.2 Å². The zero-order chi connectivity index (χ0) is 36.0. The van der Waals surface area contributed by atoms with Crippen LogP contribution in [0, 0.1) is 0 Å². The van der Waals surface area contributed by atoms with E-state index in [1.165, 1.54) is 32.7 Å². The molecule has 3 heterocycles. The van der Waals surface area contributed by atoms with E-state index in [9.17, 15) is 0 Å². The fourth-order valence-corrected chi connectivity index (χ4v) is 9.02. The van der Waals surface area contributed by atoms with Crippen LogP contribution in [0.1, 0.15) is 0 Å². The summed E-state index contributed by atoms with van der Waals surface area (Å²) in [6.45, 7) is 0.